The molecule has 0 aliphatic heterocycles. The summed E-state index contributed by atoms with van der Waals surface area (Å²) in [5.74, 6) is 2.21. The second-order valence-electron chi connectivity index (χ2n) is 6.81. The molecule has 1 heterocycles. The van der Waals surface area contributed by atoms with Gasteiger partial charge in [-0.1, -0.05) is 30.3 Å². The molecule has 1 aromatic heterocycles. The molecule has 0 fully saturated rings. The van der Waals surface area contributed by atoms with Crippen LogP contribution >= 0.6 is 0 Å². The second kappa shape index (κ2) is 8.54. The van der Waals surface area contributed by atoms with Gasteiger partial charge in [-0.05, 0) is 57.5 Å². The van der Waals surface area contributed by atoms with Crippen LogP contribution in [0, 0.1) is 6.92 Å². The fraction of sp³-hybridized carbons (Fsp3) is 0.273. The summed E-state index contributed by atoms with van der Waals surface area (Å²) in [5.41, 5.74) is 3.04. The number of hydrogen-bond donors (Lipinski definition) is 2. The van der Waals surface area contributed by atoms with Crippen molar-refractivity contribution in [1.82, 2.24) is 9.97 Å². The first-order valence-corrected chi connectivity index (χ1v) is 9.20. The van der Waals surface area contributed by atoms with Gasteiger partial charge in [-0.2, -0.15) is 4.98 Å². The quantitative estimate of drug-likeness (QED) is 0.582. The zero-order valence-electron chi connectivity index (χ0n) is 16.2. The topological polar surface area (TPSA) is 59.1 Å². The molecule has 2 aromatic carbocycles. The predicted molar refractivity (Wildman–Crippen MR) is 111 cm³/mol. The summed E-state index contributed by atoms with van der Waals surface area (Å²) in [4.78, 5) is 9.11. The Morgan fingerprint density at radius 1 is 0.889 bits per heavy atom. The smallest absolute Gasteiger partial charge is 0.225 e. The van der Waals surface area contributed by atoms with Crippen molar-refractivity contribution < 1.29 is 4.74 Å². The molecule has 27 heavy (non-hydrogen) atoms. The Labute approximate surface area is 160 Å². The standard InChI is InChI=1S/C22H26N4O/c1-15(2)27-20-12-10-19(11-13-20)25-21-14-16(3)23-22(26-21)24-17(4)18-8-6-5-7-9-18/h5-15,17H,1-4H3,(H2,23,24,25,26). The van der Waals surface area contributed by atoms with Crippen molar-refractivity contribution in [2.45, 2.75) is 39.8 Å². The lowest BCUT2D eigenvalue weighted by Crippen LogP contribution is -2.10. The first kappa shape index (κ1) is 18.7. The highest BCUT2D eigenvalue weighted by Gasteiger charge is 2.09. The van der Waals surface area contributed by atoms with Gasteiger partial charge in [-0.15, -0.1) is 0 Å². The molecule has 5 nitrogen and oxygen atoms in total. The first-order valence-electron chi connectivity index (χ1n) is 9.20. The van der Waals surface area contributed by atoms with Crippen LogP contribution in [0.25, 0.3) is 0 Å². The zero-order chi connectivity index (χ0) is 19.2. The van der Waals surface area contributed by atoms with Gasteiger partial charge in [0.1, 0.15) is 11.6 Å². The minimum Gasteiger partial charge on any atom is -0.491 e. The van der Waals surface area contributed by atoms with Crippen LogP contribution in [0.4, 0.5) is 17.5 Å². The number of hydrogen-bond acceptors (Lipinski definition) is 5. The molecular formula is C22H26N4O. The largest absolute Gasteiger partial charge is 0.491 e. The van der Waals surface area contributed by atoms with Crippen molar-refractivity contribution in [1.29, 1.82) is 0 Å². The fourth-order valence-corrected chi connectivity index (χ4v) is 2.75. The Hall–Kier alpha value is -3.08. The minimum absolute atomic E-state index is 0.119. The Bertz CT molecular complexity index is 863. The number of benzene rings is 2. The summed E-state index contributed by atoms with van der Waals surface area (Å²) in [6.45, 7) is 8.09. The molecule has 3 aromatic rings. The Balaban J connectivity index is 1.71. The number of nitrogens with one attached hydrogen (secondary N) is 2. The van der Waals surface area contributed by atoms with E-state index in [0.29, 0.717) is 5.95 Å². The van der Waals surface area contributed by atoms with Gasteiger partial charge in [0.15, 0.2) is 0 Å². The van der Waals surface area contributed by atoms with Crippen LogP contribution in [-0.4, -0.2) is 16.1 Å². The number of nitrogens with zero attached hydrogens (tertiary/aromatic N) is 2. The predicted octanol–water partition coefficient (Wildman–Crippen LogP) is 5.49. The van der Waals surface area contributed by atoms with E-state index in [1.165, 1.54) is 5.56 Å². The highest BCUT2D eigenvalue weighted by molar-refractivity contribution is 5.58. The third-order valence-corrected chi connectivity index (χ3v) is 4.00. The lowest BCUT2D eigenvalue weighted by atomic mass is 10.1. The summed E-state index contributed by atoms with van der Waals surface area (Å²) in [5, 5.41) is 6.71. The summed E-state index contributed by atoms with van der Waals surface area (Å²) in [6.07, 6.45) is 0.161. The molecule has 1 unspecified atom stereocenters. The molecule has 0 saturated heterocycles. The maximum atomic E-state index is 5.68. The Morgan fingerprint density at radius 2 is 1.59 bits per heavy atom. The molecule has 0 radical (unpaired) electrons. The zero-order valence-corrected chi connectivity index (χ0v) is 16.2. The summed E-state index contributed by atoms with van der Waals surface area (Å²) < 4.78 is 5.68. The fourth-order valence-electron chi connectivity index (χ4n) is 2.75. The normalized spacial score (nSPS) is 11.9. The molecule has 5 heteroatoms. The number of aromatic nitrogens is 2. The van der Waals surface area contributed by atoms with Crippen molar-refractivity contribution in [2.24, 2.45) is 0 Å². The van der Waals surface area contributed by atoms with Crippen molar-refractivity contribution in [2.75, 3.05) is 10.6 Å². The Kier molecular flexibility index (Phi) is 5.91. The van der Waals surface area contributed by atoms with Crippen LogP contribution in [0.3, 0.4) is 0 Å². The van der Waals surface area contributed by atoms with Crippen LogP contribution in [0.1, 0.15) is 38.1 Å². The van der Waals surface area contributed by atoms with Gasteiger partial charge in [0.2, 0.25) is 5.95 Å². The van der Waals surface area contributed by atoms with Gasteiger partial charge in [0.05, 0.1) is 12.1 Å². The monoisotopic (exact) mass is 362 g/mol. The van der Waals surface area contributed by atoms with Crippen LogP contribution in [-0.2, 0) is 0 Å². The van der Waals surface area contributed by atoms with Gasteiger partial charge in [-0.3, -0.25) is 0 Å². The van der Waals surface area contributed by atoms with E-state index in [0.717, 1.165) is 22.9 Å². The van der Waals surface area contributed by atoms with Crippen LogP contribution in [0.5, 0.6) is 5.75 Å². The lowest BCUT2D eigenvalue weighted by molar-refractivity contribution is 0.242. The molecule has 0 spiro atoms. The summed E-state index contributed by atoms with van der Waals surface area (Å²) in [6, 6.07) is 20.2. The molecule has 1 atom stereocenters. The van der Waals surface area contributed by atoms with Crippen LogP contribution in [0.15, 0.2) is 60.7 Å². The summed E-state index contributed by atoms with van der Waals surface area (Å²) >= 11 is 0. The first-order chi connectivity index (χ1) is 13.0. The average Bonchev–Trinajstić information content (AvgIpc) is 2.63. The van der Waals surface area contributed by atoms with E-state index >= 15 is 0 Å². The lowest BCUT2D eigenvalue weighted by Gasteiger charge is -2.16. The van der Waals surface area contributed by atoms with E-state index < -0.39 is 0 Å². The summed E-state index contributed by atoms with van der Waals surface area (Å²) in [7, 11) is 0. The highest BCUT2D eigenvalue weighted by atomic mass is 16.5. The molecule has 0 amide bonds. The van der Waals surface area contributed by atoms with Gasteiger partial charge in [0, 0.05) is 17.4 Å². The van der Waals surface area contributed by atoms with Crippen LogP contribution in [0.2, 0.25) is 0 Å². The van der Waals surface area contributed by atoms with Gasteiger partial charge < -0.3 is 15.4 Å². The number of rotatable bonds is 7. The van der Waals surface area contributed by atoms with Gasteiger partial charge in [0.25, 0.3) is 0 Å². The maximum Gasteiger partial charge on any atom is 0.225 e. The number of ether oxygens (including phenoxy) is 1. The molecule has 140 valence electrons. The molecule has 3 rings (SSSR count). The van der Waals surface area contributed by atoms with Crippen molar-refractivity contribution in [3.8, 4) is 5.75 Å². The third kappa shape index (κ3) is 5.45. The molecule has 0 aliphatic carbocycles. The molecular weight excluding hydrogens is 336 g/mol. The molecule has 0 saturated carbocycles. The van der Waals surface area contributed by atoms with Crippen molar-refractivity contribution in [3.63, 3.8) is 0 Å². The molecule has 2 N–H and O–H groups in total. The van der Waals surface area contributed by atoms with E-state index in [-0.39, 0.29) is 12.1 Å². The van der Waals surface area contributed by atoms with Crippen LogP contribution < -0.4 is 15.4 Å². The SMILES string of the molecule is Cc1cc(Nc2ccc(OC(C)C)cc2)nc(NC(C)c2ccccc2)n1. The second-order valence-corrected chi connectivity index (χ2v) is 6.81. The Morgan fingerprint density at radius 3 is 2.26 bits per heavy atom. The third-order valence-electron chi connectivity index (χ3n) is 4.00. The average molecular weight is 362 g/mol. The highest BCUT2D eigenvalue weighted by Crippen LogP contribution is 2.22. The van der Waals surface area contributed by atoms with Gasteiger partial charge >= 0.3 is 0 Å². The minimum atomic E-state index is 0.119. The maximum absolute atomic E-state index is 5.68. The van der Waals surface area contributed by atoms with E-state index in [2.05, 4.69) is 39.7 Å². The van der Waals surface area contributed by atoms with Crippen molar-refractivity contribution in [3.05, 3.63) is 71.9 Å². The molecule has 0 aliphatic rings. The van der Waals surface area contributed by atoms with Crippen molar-refractivity contribution >= 4 is 17.5 Å². The number of aryl methyl sites for hydroxylation is 1. The van der Waals surface area contributed by atoms with E-state index in [1.54, 1.807) is 0 Å². The van der Waals surface area contributed by atoms with Gasteiger partial charge in [-0.25, -0.2) is 4.98 Å². The van der Waals surface area contributed by atoms with E-state index in [4.69, 9.17) is 4.74 Å². The number of anilines is 3. The van der Waals surface area contributed by atoms with E-state index in [9.17, 15) is 0 Å². The molecule has 0 bridgehead atoms. The van der Waals surface area contributed by atoms with E-state index in [1.807, 2.05) is 69.3 Å².